The van der Waals surface area contributed by atoms with Gasteiger partial charge >= 0.3 is 6.09 Å². The maximum absolute atomic E-state index is 13.6. The Labute approximate surface area is 175 Å². The van der Waals surface area contributed by atoms with Gasteiger partial charge in [-0.2, -0.15) is 4.39 Å². The fraction of sp³-hybridized carbons (Fsp3) is 0.455. The Bertz CT molecular complexity index is 863. The molecule has 1 saturated heterocycles. The van der Waals surface area contributed by atoms with E-state index in [1.807, 2.05) is 45.0 Å². The summed E-state index contributed by atoms with van der Waals surface area (Å²) in [5, 5.41) is 0.344. The van der Waals surface area contributed by atoms with Crippen molar-refractivity contribution in [3.05, 3.63) is 47.5 Å². The summed E-state index contributed by atoms with van der Waals surface area (Å²) in [4.78, 5) is 18.2. The zero-order valence-electron chi connectivity index (χ0n) is 17.0. The molecule has 0 bridgehead atoms. The average molecular weight is 421 g/mol. The zero-order valence-corrected chi connectivity index (χ0v) is 17.7. The Morgan fingerprint density at radius 2 is 2.03 bits per heavy atom. The highest BCUT2D eigenvalue weighted by molar-refractivity contribution is 6.33. The van der Waals surface area contributed by atoms with Gasteiger partial charge in [0.1, 0.15) is 5.60 Å². The van der Waals surface area contributed by atoms with Gasteiger partial charge in [-0.25, -0.2) is 9.78 Å². The van der Waals surface area contributed by atoms with Crippen molar-refractivity contribution in [1.82, 2.24) is 4.98 Å². The lowest BCUT2D eigenvalue weighted by Gasteiger charge is -2.32. The van der Waals surface area contributed by atoms with E-state index in [1.54, 1.807) is 4.90 Å². The molecule has 5 nitrogen and oxygen atoms in total. The van der Waals surface area contributed by atoms with E-state index < -0.39 is 17.6 Å². The first-order chi connectivity index (χ1) is 13.7. The van der Waals surface area contributed by atoms with Crippen LogP contribution in [0.25, 0.3) is 11.1 Å². The van der Waals surface area contributed by atoms with E-state index in [4.69, 9.17) is 21.1 Å². The van der Waals surface area contributed by atoms with Gasteiger partial charge < -0.3 is 9.47 Å². The second-order valence-electron chi connectivity index (χ2n) is 8.18. The van der Waals surface area contributed by atoms with E-state index in [1.165, 1.54) is 12.3 Å². The minimum atomic E-state index is -0.611. The Morgan fingerprint density at radius 1 is 1.31 bits per heavy atom. The van der Waals surface area contributed by atoms with Gasteiger partial charge in [0, 0.05) is 43.3 Å². The molecule has 1 aliphatic heterocycles. The van der Waals surface area contributed by atoms with Crippen LogP contribution in [0.1, 0.15) is 33.6 Å². The summed E-state index contributed by atoms with van der Waals surface area (Å²) >= 11 is 6.22. The van der Waals surface area contributed by atoms with Crippen LogP contribution in [0.15, 0.2) is 36.5 Å². The summed E-state index contributed by atoms with van der Waals surface area (Å²) in [6.45, 7) is 7.44. The number of hydrogen-bond donors (Lipinski definition) is 0. The molecule has 2 aromatic rings. The molecule has 0 aliphatic carbocycles. The summed E-state index contributed by atoms with van der Waals surface area (Å²) in [6.07, 6.45) is 2.65. The Balaban J connectivity index is 1.94. The molecule has 1 amide bonds. The molecular weight excluding hydrogens is 395 g/mol. The number of carbonyl (C=O) groups excluding carboxylic acids is 1. The fourth-order valence-electron chi connectivity index (χ4n) is 3.27. The summed E-state index contributed by atoms with van der Waals surface area (Å²) in [7, 11) is 0. The monoisotopic (exact) mass is 420 g/mol. The number of aromatic nitrogens is 1. The number of anilines is 1. The molecule has 1 fully saturated rings. The third kappa shape index (κ3) is 5.90. The van der Waals surface area contributed by atoms with Gasteiger partial charge in [-0.15, -0.1) is 0 Å². The summed E-state index contributed by atoms with van der Waals surface area (Å²) < 4.78 is 24.7. The molecule has 7 heteroatoms. The van der Waals surface area contributed by atoms with Gasteiger partial charge in [0.15, 0.2) is 0 Å². The SMILES string of the molecule is CC(C)(C)OC(=O)N(CC1CCOCC1)c1cccc(-c2cc(F)ncc2Cl)c1. The number of carbonyl (C=O) groups is 1. The van der Waals surface area contributed by atoms with Crippen LogP contribution < -0.4 is 4.90 Å². The number of ether oxygens (including phenoxy) is 2. The molecular formula is C22H26ClFN2O3. The van der Waals surface area contributed by atoms with Crippen molar-refractivity contribution in [2.24, 2.45) is 5.92 Å². The molecule has 0 atom stereocenters. The van der Waals surface area contributed by atoms with Gasteiger partial charge in [0.2, 0.25) is 5.95 Å². The van der Waals surface area contributed by atoms with Crippen LogP contribution in [-0.4, -0.2) is 36.4 Å². The van der Waals surface area contributed by atoms with Crippen molar-refractivity contribution >= 4 is 23.4 Å². The molecule has 0 spiro atoms. The van der Waals surface area contributed by atoms with Crippen molar-refractivity contribution in [2.75, 3.05) is 24.7 Å². The molecule has 1 aliphatic rings. The molecule has 1 aromatic carbocycles. The van der Waals surface area contributed by atoms with Crippen LogP contribution in [0.4, 0.5) is 14.9 Å². The molecule has 156 valence electrons. The maximum atomic E-state index is 13.6. The highest BCUT2D eigenvalue weighted by Crippen LogP contribution is 2.32. The number of rotatable bonds is 4. The predicted octanol–water partition coefficient (Wildman–Crippen LogP) is 5.71. The standard InChI is InChI=1S/C22H26ClFN2O3/c1-22(2,3)29-21(27)26(14-15-7-9-28-10-8-15)17-6-4-5-16(11-17)18-12-20(24)25-13-19(18)23/h4-6,11-13,15H,7-10,14H2,1-3H3. The number of pyridine rings is 1. The third-order valence-electron chi connectivity index (χ3n) is 4.69. The average Bonchev–Trinajstić information content (AvgIpc) is 2.67. The highest BCUT2D eigenvalue weighted by Gasteiger charge is 2.27. The van der Waals surface area contributed by atoms with Crippen LogP contribution in [0.5, 0.6) is 0 Å². The Morgan fingerprint density at radius 3 is 2.72 bits per heavy atom. The normalized spacial score (nSPS) is 15.2. The summed E-state index contributed by atoms with van der Waals surface area (Å²) in [6, 6.07) is 8.60. The minimum Gasteiger partial charge on any atom is -0.443 e. The van der Waals surface area contributed by atoms with E-state index in [0.717, 1.165) is 12.8 Å². The molecule has 29 heavy (non-hydrogen) atoms. The molecule has 3 rings (SSSR count). The molecule has 0 saturated carbocycles. The Kier molecular flexibility index (Phi) is 6.75. The lowest BCUT2D eigenvalue weighted by Crippen LogP contribution is -2.40. The largest absolute Gasteiger partial charge is 0.443 e. The summed E-state index contributed by atoms with van der Waals surface area (Å²) in [5.41, 5.74) is 1.29. The summed E-state index contributed by atoms with van der Waals surface area (Å²) in [5.74, 6) is -0.289. The maximum Gasteiger partial charge on any atom is 0.414 e. The number of halogens is 2. The van der Waals surface area contributed by atoms with Crippen molar-refractivity contribution in [1.29, 1.82) is 0 Å². The smallest absolute Gasteiger partial charge is 0.414 e. The zero-order chi connectivity index (χ0) is 21.0. The van der Waals surface area contributed by atoms with Gasteiger partial charge in [-0.05, 0) is 57.2 Å². The van der Waals surface area contributed by atoms with E-state index in [9.17, 15) is 9.18 Å². The Hall–Kier alpha value is -2.18. The van der Waals surface area contributed by atoms with Crippen LogP contribution in [0.3, 0.4) is 0 Å². The third-order valence-corrected chi connectivity index (χ3v) is 4.99. The first kappa shape index (κ1) is 21.5. The quantitative estimate of drug-likeness (QED) is 0.594. The van der Waals surface area contributed by atoms with E-state index >= 15 is 0 Å². The van der Waals surface area contributed by atoms with Gasteiger partial charge in [0.05, 0.1) is 5.02 Å². The van der Waals surface area contributed by atoms with Crippen LogP contribution in [-0.2, 0) is 9.47 Å². The lowest BCUT2D eigenvalue weighted by molar-refractivity contribution is 0.0515. The van der Waals surface area contributed by atoms with Crippen molar-refractivity contribution in [3.8, 4) is 11.1 Å². The van der Waals surface area contributed by atoms with Gasteiger partial charge in [-0.1, -0.05) is 23.7 Å². The molecule has 1 aromatic heterocycles. The molecule has 0 N–H and O–H groups in total. The second-order valence-corrected chi connectivity index (χ2v) is 8.59. The van der Waals surface area contributed by atoms with Crippen LogP contribution in [0, 0.1) is 11.9 Å². The lowest BCUT2D eigenvalue weighted by atomic mass is 9.99. The van der Waals surface area contributed by atoms with Gasteiger partial charge in [-0.3, -0.25) is 4.90 Å². The van der Waals surface area contributed by atoms with Gasteiger partial charge in [0.25, 0.3) is 0 Å². The first-order valence-electron chi connectivity index (χ1n) is 9.73. The van der Waals surface area contributed by atoms with Crippen molar-refractivity contribution in [3.63, 3.8) is 0 Å². The molecule has 0 unspecified atom stereocenters. The minimum absolute atomic E-state index is 0.321. The number of hydrogen-bond acceptors (Lipinski definition) is 4. The van der Waals surface area contributed by atoms with Crippen molar-refractivity contribution in [2.45, 2.75) is 39.2 Å². The molecule has 0 radical (unpaired) electrons. The predicted molar refractivity (Wildman–Crippen MR) is 112 cm³/mol. The second kappa shape index (κ2) is 9.09. The fourth-order valence-corrected chi connectivity index (χ4v) is 3.48. The molecule has 2 heterocycles. The number of nitrogens with zero attached hydrogens (tertiary/aromatic N) is 2. The van der Waals surface area contributed by atoms with Crippen LogP contribution in [0.2, 0.25) is 5.02 Å². The number of amides is 1. The first-order valence-corrected chi connectivity index (χ1v) is 10.1. The van der Waals surface area contributed by atoms with E-state index in [0.29, 0.717) is 47.5 Å². The highest BCUT2D eigenvalue weighted by atomic mass is 35.5. The van der Waals surface area contributed by atoms with Crippen LogP contribution >= 0.6 is 11.6 Å². The van der Waals surface area contributed by atoms with E-state index in [-0.39, 0.29) is 0 Å². The number of benzene rings is 1. The van der Waals surface area contributed by atoms with E-state index in [2.05, 4.69) is 4.98 Å². The topological polar surface area (TPSA) is 51.7 Å². The van der Waals surface area contributed by atoms with Crippen molar-refractivity contribution < 1.29 is 18.7 Å².